The molecule has 7 heteroatoms. The minimum Gasteiger partial charge on any atom is -0.367 e. The number of hydrogen-bond acceptors (Lipinski definition) is 6. The highest BCUT2D eigenvalue weighted by Crippen LogP contribution is 2.36. The second-order valence-electron chi connectivity index (χ2n) is 7.47. The lowest BCUT2D eigenvalue weighted by Crippen LogP contribution is -2.29. The standard InChI is InChI=1S/C23H21N5OS/c1-14-18-21(27-17-7-8-17)25-13-26-23(18)30-20(14)22(29)28-19(15-5-3-2-4-6-15)16-9-11-24-12-10-16/h2-6,9-13,17,19H,7-8H2,1H3,(H,28,29)(H,25,26,27)/t19-/m1/s1. The molecule has 3 aromatic heterocycles. The molecule has 0 saturated heterocycles. The molecule has 1 aliphatic rings. The van der Waals surface area contributed by atoms with Gasteiger partial charge in [-0.3, -0.25) is 9.78 Å². The van der Waals surface area contributed by atoms with E-state index in [9.17, 15) is 4.79 Å². The van der Waals surface area contributed by atoms with Crippen LogP contribution in [-0.2, 0) is 0 Å². The summed E-state index contributed by atoms with van der Waals surface area (Å²) in [5, 5.41) is 7.62. The van der Waals surface area contributed by atoms with Crippen LogP contribution in [0.25, 0.3) is 10.2 Å². The number of aromatic nitrogens is 3. The van der Waals surface area contributed by atoms with E-state index in [0.29, 0.717) is 10.9 Å². The molecule has 0 spiro atoms. The van der Waals surface area contributed by atoms with Gasteiger partial charge in [0.1, 0.15) is 17.0 Å². The van der Waals surface area contributed by atoms with E-state index in [1.54, 1.807) is 18.7 Å². The second-order valence-corrected chi connectivity index (χ2v) is 8.47. The number of fused-ring (bicyclic) bond motifs is 1. The van der Waals surface area contributed by atoms with Crippen LogP contribution in [0.4, 0.5) is 5.82 Å². The van der Waals surface area contributed by atoms with Crippen molar-refractivity contribution < 1.29 is 4.79 Å². The molecule has 150 valence electrons. The van der Waals surface area contributed by atoms with E-state index in [1.165, 1.54) is 11.3 Å². The first-order valence-electron chi connectivity index (χ1n) is 9.97. The van der Waals surface area contributed by atoms with Crippen molar-refractivity contribution in [3.8, 4) is 0 Å². The third kappa shape index (κ3) is 3.64. The number of pyridine rings is 1. The van der Waals surface area contributed by atoms with E-state index in [1.807, 2.05) is 49.4 Å². The third-order valence-corrected chi connectivity index (χ3v) is 6.50. The SMILES string of the molecule is Cc1c(C(=O)N[C@H](c2ccccc2)c2ccncc2)sc2ncnc(NC3CC3)c12. The van der Waals surface area contributed by atoms with Gasteiger partial charge in [0.15, 0.2) is 0 Å². The fourth-order valence-electron chi connectivity index (χ4n) is 3.58. The molecule has 30 heavy (non-hydrogen) atoms. The Balaban J connectivity index is 1.50. The molecule has 1 saturated carbocycles. The van der Waals surface area contributed by atoms with Crippen LogP contribution >= 0.6 is 11.3 Å². The Labute approximate surface area is 178 Å². The summed E-state index contributed by atoms with van der Waals surface area (Å²) >= 11 is 1.41. The van der Waals surface area contributed by atoms with Crippen molar-refractivity contribution >= 4 is 33.3 Å². The Hall–Kier alpha value is -3.32. The number of anilines is 1. The Bertz CT molecular complexity index is 1150. The Morgan fingerprint density at radius 2 is 1.80 bits per heavy atom. The van der Waals surface area contributed by atoms with Gasteiger partial charge in [0.25, 0.3) is 5.91 Å². The van der Waals surface area contributed by atoms with Gasteiger partial charge < -0.3 is 10.6 Å². The van der Waals surface area contributed by atoms with Crippen molar-refractivity contribution in [3.05, 3.63) is 82.8 Å². The maximum absolute atomic E-state index is 13.4. The smallest absolute Gasteiger partial charge is 0.262 e. The highest BCUT2D eigenvalue weighted by Gasteiger charge is 2.26. The maximum Gasteiger partial charge on any atom is 0.262 e. The molecule has 1 aromatic carbocycles. The van der Waals surface area contributed by atoms with Crippen LogP contribution in [0, 0.1) is 6.92 Å². The van der Waals surface area contributed by atoms with Gasteiger partial charge in [0.2, 0.25) is 0 Å². The summed E-state index contributed by atoms with van der Waals surface area (Å²) in [7, 11) is 0. The van der Waals surface area contributed by atoms with Crippen molar-refractivity contribution in [1.82, 2.24) is 20.3 Å². The molecule has 5 rings (SSSR count). The minimum absolute atomic E-state index is 0.112. The van der Waals surface area contributed by atoms with Crippen LogP contribution in [0.2, 0.25) is 0 Å². The minimum atomic E-state index is -0.263. The zero-order valence-electron chi connectivity index (χ0n) is 16.5. The largest absolute Gasteiger partial charge is 0.367 e. The highest BCUT2D eigenvalue weighted by molar-refractivity contribution is 7.20. The lowest BCUT2D eigenvalue weighted by Gasteiger charge is -2.19. The van der Waals surface area contributed by atoms with E-state index in [0.717, 1.165) is 45.6 Å². The van der Waals surface area contributed by atoms with Gasteiger partial charge in [-0.15, -0.1) is 11.3 Å². The third-order valence-electron chi connectivity index (χ3n) is 5.30. The van der Waals surface area contributed by atoms with Gasteiger partial charge in [0.05, 0.1) is 16.3 Å². The van der Waals surface area contributed by atoms with Crippen LogP contribution in [0.5, 0.6) is 0 Å². The van der Waals surface area contributed by atoms with Gasteiger partial charge in [-0.1, -0.05) is 30.3 Å². The van der Waals surface area contributed by atoms with E-state index < -0.39 is 0 Å². The lowest BCUT2D eigenvalue weighted by molar-refractivity contribution is 0.0946. The van der Waals surface area contributed by atoms with E-state index in [2.05, 4.69) is 25.6 Å². The van der Waals surface area contributed by atoms with Crippen molar-refractivity contribution in [2.75, 3.05) is 5.32 Å². The molecule has 1 aliphatic carbocycles. The normalized spacial score (nSPS) is 14.4. The van der Waals surface area contributed by atoms with E-state index >= 15 is 0 Å². The Kier molecular flexibility index (Phi) is 4.88. The Morgan fingerprint density at radius 3 is 2.53 bits per heavy atom. The van der Waals surface area contributed by atoms with Crippen LogP contribution in [0.1, 0.15) is 45.2 Å². The van der Waals surface area contributed by atoms with Crippen LogP contribution in [0.15, 0.2) is 61.2 Å². The summed E-state index contributed by atoms with van der Waals surface area (Å²) in [6.07, 6.45) is 7.37. The lowest BCUT2D eigenvalue weighted by atomic mass is 9.99. The number of thiophene rings is 1. The number of carbonyl (C=O) groups is 1. The number of rotatable bonds is 6. The molecule has 3 heterocycles. The Morgan fingerprint density at radius 1 is 1.07 bits per heavy atom. The highest BCUT2D eigenvalue weighted by atomic mass is 32.1. The average Bonchev–Trinajstić information content (AvgIpc) is 3.54. The number of aryl methyl sites for hydroxylation is 1. The number of nitrogens with zero attached hydrogens (tertiary/aromatic N) is 3. The number of carbonyl (C=O) groups excluding carboxylic acids is 1. The topological polar surface area (TPSA) is 79.8 Å². The predicted molar refractivity (Wildman–Crippen MR) is 119 cm³/mol. The number of nitrogens with one attached hydrogen (secondary N) is 2. The molecule has 6 nitrogen and oxygen atoms in total. The number of amides is 1. The first kappa shape index (κ1) is 18.7. The second kappa shape index (κ2) is 7.84. The molecule has 0 radical (unpaired) electrons. The molecule has 0 bridgehead atoms. The zero-order chi connectivity index (χ0) is 20.5. The molecular formula is C23H21N5OS. The van der Waals surface area contributed by atoms with Crippen molar-refractivity contribution in [3.63, 3.8) is 0 Å². The zero-order valence-corrected chi connectivity index (χ0v) is 17.3. The quantitative estimate of drug-likeness (QED) is 0.485. The number of benzene rings is 1. The maximum atomic E-state index is 13.4. The first-order valence-corrected chi connectivity index (χ1v) is 10.8. The molecule has 2 N–H and O–H groups in total. The summed E-state index contributed by atoms with van der Waals surface area (Å²) in [4.78, 5) is 27.8. The molecule has 1 fully saturated rings. The van der Waals surface area contributed by atoms with Crippen LogP contribution in [-0.4, -0.2) is 26.9 Å². The van der Waals surface area contributed by atoms with Crippen LogP contribution < -0.4 is 10.6 Å². The summed E-state index contributed by atoms with van der Waals surface area (Å²) < 4.78 is 0. The van der Waals surface area contributed by atoms with Gasteiger partial charge in [0, 0.05) is 18.4 Å². The molecule has 1 atom stereocenters. The summed E-state index contributed by atoms with van der Waals surface area (Å²) in [5.41, 5.74) is 2.92. The fourth-order valence-corrected chi connectivity index (χ4v) is 4.63. The van der Waals surface area contributed by atoms with Gasteiger partial charge in [-0.05, 0) is 48.6 Å². The fraction of sp³-hybridized carbons (Fsp3) is 0.217. The van der Waals surface area contributed by atoms with Crippen molar-refractivity contribution in [2.45, 2.75) is 31.8 Å². The molecule has 0 aliphatic heterocycles. The van der Waals surface area contributed by atoms with Crippen LogP contribution in [0.3, 0.4) is 0 Å². The molecule has 4 aromatic rings. The average molecular weight is 416 g/mol. The van der Waals surface area contributed by atoms with Crippen molar-refractivity contribution in [2.24, 2.45) is 0 Å². The molecule has 1 amide bonds. The van der Waals surface area contributed by atoms with Crippen molar-refractivity contribution in [1.29, 1.82) is 0 Å². The monoisotopic (exact) mass is 415 g/mol. The van der Waals surface area contributed by atoms with E-state index in [-0.39, 0.29) is 11.9 Å². The summed E-state index contributed by atoms with van der Waals surface area (Å²) in [5.74, 6) is 0.711. The van der Waals surface area contributed by atoms with E-state index in [4.69, 9.17) is 0 Å². The van der Waals surface area contributed by atoms with Gasteiger partial charge >= 0.3 is 0 Å². The summed E-state index contributed by atoms with van der Waals surface area (Å²) in [6, 6.07) is 14.0. The molecule has 0 unspecified atom stereocenters. The van der Waals surface area contributed by atoms with Gasteiger partial charge in [-0.25, -0.2) is 9.97 Å². The molecular weight excluding hydrogens is 394 g/mol. The van der Waals surface area contributed by atoms with Gasteiger partial charge in [-0.2, -0.15) is 0 Å². The first-order chi connectivity index (χ1) is 14.7. The summed E-state index contributed by atoms with van der Waals surface area (Å²) in [6.45, 7) is 1.97. The predicted octanol–water partition coefficient (Wildman–Crippen LogP) is 4.49. The number of hydrogen-bond donors (Lipinski definition) is 2.